The van der Waals surface area contributed by atoms with Crippen LogP contribution in [0.5, 0.6) is 0 Å². The summed E-state index contributed by atoms with van der Waals surface area (Å²) in [7, 11) is 4.38. The van der Waals surface area contributed by atoms with Gasteiger partial charge >= 0.3 is 83.2 Å². The van der Waals surface area contributed by atoms with Gasteiger partial charge in [0.15, 0.2) is 0 Å². The van der Waals surface area contributed by atoms with Crippen LogP contribution in [0, 0.1) is 0 Å². The van der Waals surface area contributed by atoms with Crippen LogP contribution in [0.3, 0.4) is 0 Å². The fourth-order valence-corrected chi connectivity index (χ4v) is 15.4. The molecule has 1 rings (SSSR count). The summed E-state index contributed by atoms with van der Waals surface area (Å²) in [5.41, 5.74) is 0. The van der Waals surface area contributed by atoms with E-state index in [1.165, 1.54) is 17.9 Å². The van der Waals surface area contributed by atoms with Crippen LogP contribution in [0.4, 0.5) is 0 Å². The van der Waals surface area contributed by atoms with E-state index in [1.807, 2.05) is 6.08 Å². The molecule has 1 fully saturated rings. The van der Waals surface area contributed by atoms with E-state index in [1.54, 1.807) is 0 Å². The first-order valence-corrected chi connectivity index (χ1v) is 13.1. The van der Waals surface area contributed by atoms with Gasteiger partial charge in [-0.05, 0) is 0 Å². The minimum atomic E-state index is -0.113. The summed E-state index contributed by atoms with van der Waals surface area (Å²) in [6.07, 6.45) is 3.48. The first kappa shape index (κ1) is 9.67. The molecule has 1 atom stereocenters. The fraction of sp³-hybridized carbons (Fsp3) is 0.667. The normalized spacial score (nSPS) is 23.8. The molecule has 1 heterocycles. The van der Waals surface area contributed by atoms with Crippen LogP contribution >= 0.6 is 29.7 Å². The molecule has 2 radical (unpaired) electrons. The molecule has 0 bridgehead atoms. The van der Waals surface area contributed by atoms with Gasteiger partial charge in [0.1, 0.15) is 0 Å². The van der Waals surface area contributed by atoms with Crippen LogP contribution in [0.15, 0.2) is 12.7 Å². The Kier molecular flexibility index (Phi) is 5.94. The van der Waals surface area contributed by atoms with Gasteiger partial charge in [-0.1, -0.05) is 0 Å². The molecule has 0 aromatic rings. The summed E-state index contributed by atoms with van der Waals surface area (Å²) in [4.78, 5) is 0. The maximum atomic E-state index is 3.70. The third-order valence-electron chi connectivity index (χ3n) is 1.10. The summed E-state index contributed by atoms with van der Waals surface area (Å²) in [5, 5.41) is 0. The van der Waals surface area contributed by atoms with Crippen LogP contribution in [-0.2, 0) is 0 Å². The molecule has 10 heavy (non-hydrogen) atoms. The summed E-state index contributed by atoms with van der Waals surface area (Å²) < 4.78 is 0.990. The number of hydrogen-bond donors (Lipinski definition) is 0. The molecule has 0 aromatic carbocycles. The Balaban J connectivity index is 1.80. The van der Waals surface area contributed by atoms with Gasteiger partial charge in [-0.15, -0.1) is 0 Å². The van der Waals surface area contributed by atoms with Crippen molar-refractivity contribution in [2.45, 2.75) is 11.0 Å². The van der Waals surface area contributed by atoms with Gasteiger partial charge in [0.05, 0.1) is 0 Å². The quantitative estimate of drug-likeness (QED) is 0.435. The second kappa shape index (κ2) is 6.14. The molecule has 0 spiro atoms. The van der Waals surface area contributed by atoms with Crippen molar-refractivity contribution in [3.05, 3.63) is 12.7 Å². The molecule has 1 aliphatic rings. The fourth-order valence-electron chi connectivity index (χ4n) is 0.488. The average molecular weight is 297 g/mol. The maximum absolute atomic E-state index is 3.70. The zero-order valence-corrected chi connectivity index (χ0v) is 11.0. The van der Waals surface area contributed by atoms with Crippen molar-refractivity contribution in [2.75, 3.05) is 11.5 Å². The molecule has 4 heteroatoms. The van der Waals surface area contributed by atoms with Gasteiger partial charge in [0.25, 0.3) is 0 Å². The van der Waals surface area contributed by atoms with E-state index in [9.17, 15) is 0 Å². The topological polar surface area (TPSA) is 0 Å². The Labute approximate surface area is 82.5 Å². The Morgan fingerprint density at radius 1 is 1.80 bits per heavy atom. The molecule has 0 aromatic heterocycles. The van der Waals surface area contributed by atoms with E-state index in [4.69, 9.17) is 0 Å². The van der Waals surface area contributed by atoms with E-state index in [-0.39, 0.29) is 18.4 Å². The van der Waals surface area contributed by atoms with Crippen LogP contribution in [0.2, 0.25) is 0 Å². The number of thioether (sulfide) groups is 1. The predicted octanol–water partition coefficient (Wildman–Crippen LogP) is 2.64. The van der Waals surface area contributed by atoms with E-state index in [0.717, 1.165) is 4.58 Å². The summed E-state index contributed by atoms with van der Waals surface area (Å²) in [6, 6.07) is 0. The third kappa shape index (κ3) is 3.83. The standard InChI is InChI=1S/C3H6S2.C3H6S.Sn/c4-3-1-2-5-3;1-2-3-4;/h3-4H,1-2H2;2,4H,1,3H2;/q;;+2/p-2. The van der Waals surface area contributed by atoms with Gasteiger partial charge in [-0.25, -0.2) is 0 Å². The molecule has 0 saturated carbocycles. The Morgan fingerprint density at radius 3 is 3.10 bits per heavy atom. The van der Waals surface area contributed by atoms with Gasteiger partial charge in [-0.2, -0.15) is 0 Å². The number of rotatable bonds is 5. The number of hydrogen-bond acceptors (Lipinski definition) is 3. The molecule has 0 nitrogen and oxygen atoms in total. The van der Waals surface area contributed by atoms with Gasteiger partial charge < -0.3 is 0 Å². The van der Waals surface area contributed by atoms with Crippen molar-refractivity contribution in [3.8, 4) is 0 Å². The van der Waals surface area contributed by atoms with Crippen molar-refractivity contribution in [2.24, 2.45) is 0 Å². The second-order valence-corrected chi connectivity index (χ2v) is 14.4. The summed E-state index contributed by atoms with van der Waals surface area (Å²) in [6.45, 7) is 3.70. The van der Waals surface area contributed by atoms with Crippen LogP contribution in [-0.4, -0.2) is 34.5 Å². The monoisotopic (exact) mass is 298 g/mol. The molecular weight excluding hydrogens is 287 g/mol. The molecule has 1 aliphatic heterocycles. The van der Waals surface area contributed by atoms with E-state index in [2.05, 4.69) is 36.2 Å². The van der Waals surface area contributed by atoms with Gasteiger partial charge in [0.2, 0.25) is 0 Å². The Bertz CT molecular complexity index is 103. The van der Waals surface area contributed by atoms with Crippen molar-refractivity contribution in [3.63, 3.8) is 0 Å². The molecule has 0 amide bonds. The van der Waals surface area contributed by atoms with Crippen molar-refractivity contribution >= 4 is 48.0 Å². The average Bonchev–Trinajstić information content (AvgIpc) is 1.84. The van der Waals surface area contributed by atoms with Crippen LogP contribution in [0.1, 0.15) is 6.42 Å². The second-order valence-electron chi connectivity index (χ2n) is 1.89. The predicted molar refractivity (Wildman–Crippen MR) is 56.9 cm³/mol. The van der Waals surface area contributed by atoms with Crippen LogP contribution in [0.25, 0.3) is 0 Å². The molecule has 56 valence electrons. The first-order chi connectivity index (χ1) is 4.93. The molecule has 0 aliphatic carbocycles. The Morgan fingerprint density at radius 2 is 2.60 bits per heavy atom. The van der Waals surface area contributed by atoms with Gasteiger partial charge in [-0.3, -0.25) is 0 Å². The van der Waals surface area contributed by atoms with Crippen molar-refractivity contribution in [1.29, 1.82) is 0 Å². The van der Waals surface area contributed by atoms with E-state index >= 15 is 0 Å². The first-order valence-electron chi connectivity index (χ1n) is 3.18. The summed E-state index contributed by atoms with van der Waals surface area (Å²) in [5.74, 6) is 2.58. The molecule has 1 unspecified atom stereocenters. The molecule has 0 N–H and O–H groups in total. The SMILES string of the molecule is C=CC[S][Sn][S]C1CCS1. The van der Waals surface area contributed by atoms with E-state index < -0.39 is 0 Å². The zero-order chi connectivity index (χ0) is 7.23. The summed E-state index contributed by atoms with van der Waals surface area (Å²) >= 11 is 2.02. The van der Waals surface area contributed by atoms with E-state index in [0.29, 0.717) is 0 Å². The van der Waals surface area contributed by atoms with Gasteiger partial charge in [0, 0.05) is 0 Å². The van der Waals surface area contributed by atoms with Crippen molar-refractivity contribution < 1.29 is 0 Å². The minimum absolute atomic E-state index is 0.113. The van der Waals surface area contributed by atoms with Crippen LogP contribution < -0.4 is 0 Å². The zero-order valence-electron chi connectivity index (χ0n) is 5.71. The Hall–Kier alpha value is 1.59. The third-order valence-corrected chi connectivity index (χ3v) is 15.5. The molecule has 1 saturated heterocycles. The molecular formula is C6H10S3Sn. The van der Waals surface area contributed by atoms with Crippen molar-refractivity contribution in [1.82, 2.24) is 0 Å².